The monoisotopic (exact) mass is 294 g/mol. The molecule has 110 valence electrons. The maximum Gasteiger partial charge on any atom is 0.208 e. The molecule has 0 spiro atoms. The first-order chi connectivity index (χ1) is 9.42. The zero-order valence-corrected chi connectivity index (χ0v) is 12.9. The van der Waals surface area contributed by atoms with Crippen LogP contribution in [0.25, 0.3) is 6.08 Å². The standard InChI is InChI=1S/C15H22N2O2S/c1-13(10-14-6-4-3-5-7-14)11-17-9-8-15(12-17)16-20(2,18)19/h3-7,10,15-16H,8-9,11-12H2,1-2H3/t15-/m0/s1. The summed E-state index contributed by atoms with van der Waals surface area (Å²) in [6, 6.07) is 10.3. The van der Waals surface area contributed by atoms with E-state index in [0.29, 0.717) is 0 Å². The van der Waals surface area contributed by atoms with Gasteiger partial charge >= 0.3 is 0 Å². The number of nitrogens with zero attached hydrogens (tertiary/aromatic N) is 1. The first-order valence-corrected chi connectivity index (χ1v) is 8.73. The van der Waals surface area contributed by atoms with Crippen LogP contribution in [-0.2, 0) is 10.0 Å². The summed E-state index contributed by atoms with van der Waals surface area (Å²) in [7, 11) is -3.10. The van der Waals surface area contributed by atoms with Gasteiger partial charge in [-0.2, -0.15) is 0 Å². The number of rotatable bonds is 5. The summed E-state index contributed by atoms with van der Waals surface area (Å²) >= 11 is 0. The molecule has 0 aliphatic carbocycles. The van der Waals surface area contributed by atoms with Crippen molar-refractivity contribution < 1.29 is 8.42 Å². The van der Waals surface area contributed by atoms with Crippen LogP contribution in [0.4, 0.5) is 0 Å². The molecule has 1 atom stereocenters. The maximum atomic E-state index is 11.2. The zero-order valence-electron chi connectivity index (χ0n) is 12.0. The average Bonchev–Trinajstić information content (AvgIpc) is 2.75. The molecule has 0 saturated carbocycles. The molecule has 1 aromatic carbocycles. The van der Waals surface area contributed by atoms with Crippen molar-refractivity contribution in [2.45, 2.75) is 19.4 Å². The fraction of sp³-hybridized carbons (Fsp3) is 0.467. The predicted molar refractivity (Wildman–Crippen MR) is 82.9 cm³/mol. The van der Waals surface area contributed by atoms with Crippen molar-refractivity contribution in [1.29, 1.82) is 0 Å². The number of sulfonamides is 1. The van der Waals surface area contributed by atoms with Crippen molar-refractivity contribution in [3.63, 3.8) is 0 Å². The second-order valence-corrected chi connectivity index (χ2v) is 7.29. The van der Waals surface area contributed by atoms with Gasteiger partial charge in [-0.15, -0.1) is 0 Å². The number of nitrogens with one attached hydrogen (secondary N) is 1. The molecule has 1 heterocycles. The van der Waals surface area contributed by atoms with Gasteiger partial charge in [0.15, 0.2) is 0 Å². The predicted octanol–water partition coefficient (Wildman–Crippen LogP) is 1.71. The zero-order chi connectivity index (χ0) is 14.6. The van der Waals surface area contributed by atoms with Crippen LogP contribution in [0, 0.1) is 0 Å². The van der Waals surface area contributed by atoms with Gasteiger partial charge in [-0.3, -0.25) is 4.90 Å². The highest BCUT2D eigenvalue weighted by molar-refractivity contribution is 7.88. The lowest BCUT2D eigenvalue weighted by atomic mass is 10.1. The fourth-order valence-corrected chi connectivity index (χ4v) is 3.41. The van der Waals surface area contributed by atoms with Crippen molar-refractivity contribution in [1.82, 2.24) is 9.62 Å². The van der Waals surface area contributed by atoms with E-state index < -0.39 is 10.0 Å². The van der Waals surface area contributed by atoms with Crippen LogP contribution >= 0.6 is 0 Å². The van der Waals surface area contributed by atoms with Crippen molar-refractivity contribution in [2.24, 2.45) is 0 Å². The lowest BCUT2D eigenvalue weighted by Gasteiger charge is -2.16. The summed E-state index contributed by atoms with van der Waals surface area (Å²) in [4.78, 5) is 2.29. The van der Waals surface area contributed by atoms with Crippen LogP contribution in [0.2, 0.25) is 0 Å². The van der Waals surface area contributed by atoms with Gasteiger partial charge in [0.1, 0.15) is 0 Å². The third-order valence-corrected chi connectivity index (χ3v) is 4.10. The van der Waals surface area contributed by atoms with Crippen molar-refractivity contribution >= 4 is 16.1 Å². The Morgan fingerprint density at radius 1 is 1.40 bits per heavy atom. The third kappa shape index (κ3) is 5.07. The van der Waals surface area contributed by atoms with Gasteiger partial charge in [-0.05, 0) is 18.9 Å². The summed E-state index contributed by atoms with van der Waals surface area (Å²) < 4.78 is 25.1. The van der Waals surface area contributed by atoms with E-state index in [9.17, 15) is 8.42 Å². The van der Waals surface area contributed by atoms with Gasteiger partial charge < -0.3 is 0 Å². The maximum absolute atomic E-state index is 11.2. The highest BCUT2D eigenvalue weighted by atomic mass is 32.2. The van der Waals surface area contributed by atoms with Gasteiger partial charge in [-0.25, -0.2) is 13.1 Å². The largest absolute Gasteiger partial charge is 0.298 e. The smallest absolute Gasteiger partial charge is 0.208 e. The highest BCUT2D eigenvalue weighted by Gasteiger charge is 2.24. The Labute approximate surface area is 121 Å². The van der Waals surface area contributed by atoms with Crippen LogP contribution in [0.5, 0.6) is 0 Å². The van der Waals surface area contributed by atoms with E-state index in [2.05, 4.69) is 34.8 Å². The molecule has 1 saturated heterocycles. The molecule has 1 fully saturated rings. The van der Waals surface area contributed by atoms with Crippen LogP contribution < -0.4 is 4.72 Å². The van der Waals surface area contributed by atoms with Gasteiger partial charge in [0.05, 0.1) is 6.26 Å². The van der Waals surface area contributed by atoms with E-state index in [0.717, 1.165) is 26.1 Å². The van der Waals surface area contributed by atoms with Crippen molar-refractivity contribution in [2.75, 3.05) is 25.9 Å². The lowest BCUT2D eigenvalue weighted by Crippen LogP contribution is -2.36. The molecule has 1 aromatic rings. The van der Waals surface area contributed by atoms with Crippen LogP contribution in [0.15, 0.2) is 35.9 Å². The summed E-state index contributed by atoms with van der Waals surface area (Å²) in [5.41, 5.74) is 2.49. The first kappa shape index (κ1) is 15.2. The van der Waals surface area contributed by atoms with E-state index in [-0.39, 0.29) is 6.04 Å². The Morgan fingerprint density at radius 3 is 2.75 bits per heavy atom. The summed E-state index contributed by atoms with van der Waals surface area (Å²) in [6.07, 6.45) is 4.28. The Hall–Kier alpha value is -1.17. The van der Waals surface area contributed by atoms with Gasteiger partial charge in [-0.1, -0.05) is 42.0 Å². The van der Waals surface area contributed by atoms with E-state index in [1.165, 1.54) is 17.4 Å². The molecule has 4 nitrogen and oxygen atoms in total. The molecule has 0 amide bonds. The third-order valence-electron chi connectivity index (χ3n) is 3.34. The molecule has 0 aromatic heterocycles. The molecular weight excluding hydrogens is 272 g/mol. The van der Waals surface area contributed by atoms with Crippen LogP contribution in [0.1, 0.15) is 18.9 Å². The minimum Gasteiger partial charge on any atom is -0.298 e. The molecule has 2 rings (SSSR count). The normalized spacial score (nSPS) is 21.3. The Bertz CT molecular complexity index is 567. The minimum atomic E-state index is -3.10. The molecule has 1 aliphatic rings. The van der Waals surface area contributed by atoms with Gasteiger partial charge in [0.25, 0.3) is 0 Å². The minimum absolute atomic E-state index is 0.0505. The SMILES string of the molecule is CC(=Cc1ccccc1)CN1CC[C@H](NS(C)(=O)=O)C1. The van der Waals surface area contributed by atoms with Crippen molar-refractivity contribution in [3.8, 4) is 0 Å². The average molecular weight is 294 g/mol. The summed E-state index contributed by atoms with van der Waals surface area (Å²) in [5.74, 6) is 0. The van der Waals surface area contributed by atoms with Crippen LogP contribution in [-0.4, -0.2) is 45.2 Å². The Balaban J connectivity index is 1.87. The second kappa shape index (κ2) is 6.52. The number of benzene rings is 1. The first-order valence-electron chi connectivity index (χ1n) is 6.84. The van der Waals surface area contributed by atoms with Crippen molar-refractivity contribution in [3.05, 3.63) is 41.5 Å². The molecule has 1 N–H and O–H groups in total. The Kier molecular flexibility index (Phi) is 4.96. The molecule has 0 bridgehead atoms. The topological polar surface area (TPSA) is 49.4 Å². The second-order valence-electron chi connectivity index (χ2n) is 5.51. The number of likely N-dealkylation sites (tertiary alicyclic amines) is 1. The lowest BCUT2D eigenvalue weighted by molar-refractivity contribution is 0.361. The van der Waals surface area contributed by atoms with Gasteiger partial charge in [0.2, 0.25) is 10.0 Å². The van der Waals surface area contributed by atoms with E-state index in [4.69, 9.17) is 0 Å². The number of hydrogen-bond donors (Lipinski definition) is 1. The molecular formula is C15H22N2O2S. The van der Waals surface area contributed by atoms with Crippen LogP contribution in [0.3, 0.4) is 0 Å². The molecule has 20 heavy (non-hydrogen) atoms. The number of hydrogen-bond acceptors (Lipinski definition) is 3. The summed E-state index contributed by atoms with van der Waals surface area (Å²) in [6.45, 7) is 4.72. The molecule has 0 radical (unpaired) electrons. The fourth-order valence-electron chi connectivity index (χ4n) is 2.61. The van der Waals surface area contributed by atoms with E-state index >= 15 is 0 Å². The quantitative estimate of drug-likeness (QED) is 0.899. The van der Waals surface area contributed by atoms with Gasteiger partial charge in [0, 0.05) is 25.7 Å². The highest BCUT2D eigenvalue weighted by Crippen LogP contribution is 2.13. The molecule has 5 heteroatoms. The summed E-state index contributed by atoms with van der Waals surface area (Å²) in [5, 5.41) is 0. The Morgan fingerprint density at radius 2 is 2.10 bits per heavy atom. The van der Waals surface area contributed by atoms with E-state index in [1.54, 1.807) is 0 Å². The van der Waals surface area contributed by atoms with E-state index in [1.807, 2.05) is 18.2 Å². The molecule has 0 unspecified atom stereocenters. The molecule has 1 aliphatic heterocycles.